The first kappa shape index (κ1) is 15.8. The molecular weight excluding hydrogens is 246 g/mol. The summed E-state index contributed by atoms with van der Waals surface area (Å²) in [6.45, 7) is 3.21. The fraction of sp³-hybridized carbons (Fsp3) is 0.929. The van der Waals surface area contributed by atoms with Gasteiger partial charge in [-0.15, -0.1) is 0 Å². The summed E-state index contributed by atoms with van der Waals surface area (Å²) >= 11 is 1.97. The first-order chi connectivity index (χ1) is 8.60. The fourth-order valence-electron chi connectivity index (χ4n) is 2.97. The Balaban J connectivity index is 2.50. The standard InChI is InChI=1S/C14H27NO2S/c1-3-18-11-7-10-15(2)14(12-13(16)17)8-5-4-6-9-14/h3-12H2,1-2H3,(H,16,17). The quantitative estimate of drug-likeness (QED) is 0.689. The van der Waals surface area contributed by atoms with E-state index in [4.69, 9.17) is 5.11 Å². The lowest BCUT2D eigenvalue weighted by atomic mass is 9.78. The summed E-state index contributed by atoms with van der Waals surface area (Å²) in [7, 11) is 2.12. The van der Waals surface area contributed by atoms with Gasteiger partial charge in [0.15, 0.2) is 0 Å². The number of carboxylic acids is 1. The number of carbonyl (C=O) groups is 1. The number of hydrogen-bond donors (Lipinski definition) is 1. The largest absolute Gasteiger partial charge is 0.481 e. The molecule has 0 amide bonds. The zero-order valence-corrected chi connectivity index (χ0v) is 12.6. The van der Waals surface area contributed by atoms with Crippen LogP contribution in [0.5, 0.6) is 0 Å². The van der Waals surface area contributed by atoms with E-state index in [1.165, 1.54) is 30.8 Å². The molecule has 0 atom stereocenters. The van der Waals surface area contributed by atoms with E-state index < -0.39 is 5.97 Å². The van der Waals surface area contributed by atoms with Crippen LogP contribution < -0.4 is 0 Å². The molecule has 0 aromatic carbocycles. The van der Waals surface area contributed by atoms with Gasteiger partial charge in [0.25, 0.3) is 0 Å². The maximum Gasteiger partial charge on any atom is 0.305 e. The predicted molar refractivity (Wildman–Crippen MR) is 78.3 cm³/mol. The van der Waals surface area contributed by atoms with Crippen molar-refractivity contribution in [2.24, 2.45) is 0 Å². The van der Waals surface area contributed by atoms with Crippen LogP contribution in [0, 0.1) is 0 Å². The monoisotopic (exact) mass is 273 g/mol. The van der Waals surface area contributed by atoms with E-state index >= 15 is 0 Å². The van der Waals surface area contributed by atoms with Gasteiger partial charge < -0.3 is 10.0 Å². The number of nitrogens with zero attached hydrogens (tertiary/aromatic N) is 1. The molecule has 0 spiro atoms. The van der Waals surface area contributed by atoms with E-state index in [-0.39, 0.29) is 5.54 Å². The third kappa shape index (κ3) is 4.81. The third-order valence-corrected chi connectivity index (χ3v) is 5.05. The van der Waals surface area contributed by atoms with Crippen molar-refractivity contribution < 1.29 is 9.90 Å². The topological polar surface area (TPSA) is 40.5 Å². The third-order valence-electron chi connectivity index (χ3n) is 4.06. The molecule has 1 rings (SSSR count). The molecule has 4 heteroatoms. The maximum atomic E-state index is 11.1. The summed E-state index contributed by atoms with van der Waals surface area (Å²) in [6, 6.07) is 0. The van der Waals surface area contributed by atoms with Crippen LogP contribution >= 0.6 is 11.8 Å². The van der Waals surface area contributed by atoms with E-state index in [0.717, 1.165) is 25.8 Å². The van der Waals surface area contributed by atoms with Crippen molar-refractivity contribution in [1.29, 1.82) is 0 Å². The number of hydrogen-bond acceptors (Lipinski definition) is 3. The number of carboxylic acid groups (broad SMARTS) is 1. The average molecular weight is 273 g/mol. The highest BCUT2D eigenvalue weighted by Crippen LogP contribution is 2.35. The molecule has 0 unspecified atom stereocenters. The number of thioether (sulfide) groups is 1. The van der Waals surface area contributed by atoms with Gasteiger partial charge in [-0.1, -0.05) is 26.2 Å². The first-order valence-electron chi connectivity index (χ1n) is 7.11. The van der Waals surface area contributed by atoms with Crippen molar-refractivity contribution in [2.45, 2.75) is 57.4 Å². The highest BCUT2D eigenvalue weighted by atomic mass is 32.2. The van der Waals surface area contributed by atoms with Crippen LogP contribution in [0.15, 0.2) is 0 Å². The first-order valence-corrected chi connectivity index (χ1v) is 8.27. The van der Waals surface area contributed by atoms with Crippen LogP contribution in [0.3, 0.4) is 0 Å². The maximum absolute atomic E-state index is 11.1. The zero-order chi connectivity index (χ0) is 13.4. The molecule has 0 heterocycles. The summed E-state index contributed by atoms with van der Waals surface area (Å²) in [5, 5.41) is 9.16. The van der Waals surface area contributed by atoms with Crippen molar-refractivity contribution in [1.82, 2.24) is 4.90 Å². The molecule has 0 bridgehead atoms. The summed E-state index contributed by atoms with van der Waals surface area (Å²) in [4.78, 5) is 13.5. The Kier molecular flexibility index (Phi) is 7.08. The smallest absolute Gasteiger partial charge is 0.305 e. The summed E-state index contributed by atoms with van der Waals surface area (Å²) in [5.41, 5.74) is -0.0685. The van der Waals surface area contributed by atoms with E-state index in [1.54, 1.807) is 0 Å². The Labute approximate surface area is 115 Å². The van der Waals surface area contributed by atoms with Gasteiger partial charge in [-0.2, -0.15) is 11.8 Å². The van der Waals surface area contributed by atoms with Gasteiger partial charge in [-0.05, 0) is 44.4 Å². The van der Waals surface area contributed by atoms with E-state index in [2.05, 4.69) is 18.9 Å². The summed E-state index contributed by atoms with van der Waals surface area (Å²) in [6.07, 6.45) is 7.21. The highest BCUT2D eigenvalue weighted by Gasteiger charge is 2.37. The second-order valence-electron chi connectivity index (χ2n) is 5.33. The van der Waals surface area contributed by atoms with Gasteiger partial charge in [0.1, 0.15) is 0 Å². The zero-order valence-electron chi connectivity index (χ0n) is 11.8. The molecule has 1 fully saturated rings. The van der Waals surface area contributed by atoms with Crippen molar-refractivity contribution in [2.75, 3.05) is 25.1 Å². The molecule has 18 heavy (non-hydrogen) atoms. The lowest BCUT2D eigenvalue weighted by Crippen LogP contribution is -2.49. The molecule has 106 valence electrons. The van der Waals surface area contributed by atoms with Gasteiger partial charge in [0.05, 0.1) is 6.42 Å². The second-order valence-corrected chi connectivity index (χ2v) is 6.72. The Hall–Kier alpha value is -0.220. The lowest BCUT2D eigenvalue weighted by molar-refractivity contribution is -0.141. The van der Waals surface area contributed by atoms with Crippen LogP contribution in [-0.2, 0) is 4.79 Å². The van der Waals surface area contributed by atoms with E-state index in [1.807, 2.05) is 11.8 Å². The normalized spacial score (nSPS) is 19.1. The molecule has 1 N–H and O–H groups in total. The SMILES string of the molecule is CCSCCCN(C)C1(CC(=O)O)CCCCC1. The van der Waals surface area contributed by atoms with Crippen molar-refractivity contribution >= 4 is 17.7 Å². The molecule has 1 saturated carbocycles. The summed E-state index contributed by atoms with van der Waals surface area (Å²) < 4.78 is 0. The second kappa shape index (κ2) is 8.05. The van der Waals surface area contributed by atoms with E-state index in [9.17, 15) is 4.79 Å². The fourth-order valence-corrected chi connectivity index (χ4v) is 3.59. The number of rotatable bonds is 8. The summed E-state index contributed by atoms with van der Waals surface area (Å²) in [5.74, 6) is 1.71. The van der Waals surface area contributed by atoms with Gasteiger partial charge in [0.2, 0.25) is 0 Å². The van der Waals surface area contributed by atoms with Gasteiger partial charge in [0, 0.05) is 5.54 Å². The van der Waals surface area contributed by atoms with Gasteiger partial charge in [-0.25, -0.2) is 0 Å². The molecule has 0 radical (unpaired) electrons. The minimum Gasteiger partial charge on any atom is -0.481 e. The Morgan fingerprint density at radius 3 is 2.56 bits per heavy atom. The number of aliphatic carboxylic acids is 1. The van der Waals surface area contributed by atoms with Crippen LogP contribution in [0.2, 0.25) is 0 Å². The molecule has 0 saturated heterocycles. The molecule has 3 nitrogen and oxygen atoms in total. The highest BCUT2D eigenvalue weighted by molar-refractivity contribution is 7.99. The van der Waals surface area contributed by atoms with E-state index in [0.29, 0.717) is 6.42 Å². The van der Waals surface area contributed by atoms with Crippen molar-refractivity contribution in [3.63, 3.8) is 0 Å². The minimum atomic E-state index is -0.647. The van der Waals surface area contributed by atoms with Crippen molar-refractivity contribution in [3.05, 3.63) is 0 Å². The van der Waals surface area contributed by atoms with Crippen LogP contribution in [0.4, 0.5) is 0 Å². The molecule has 0 aromatic heterocycles. The van der Waals surface area contributed by atoms with Crippen LogP contribution in [-0.4, -0.2) is 46.6 Å². The molecule has 1 aliphatic carbocycles. The predicted octanol–water partition coefficient (Wildman–Crippen LogP) is 3.24. The minimum absolute atomic E-state index is 0.0685. The van der Waals surface area contributed by atoms with Crippen LogP contribution in [0.1, 0.15) is 51.9 Å². The Bertz CT molecular complexity index is 252. The Morgan fingerprint density at radius 2 is 2.00 bits per heavy atom. The van der Waals surface area contributed by atoms with Crippen molar-refractivity contribution in [3.8, 4) is 0 Å². The molecule has 1 aliphatic rings. The molecule has 0 aliphatic heterocycles. The Morgan fingerprint density at radius 1 is 1.33 bits per heavy atom. The van der Waals surface area contributed by atoms with Gasteiger partial charge in [-0.3, -0.25) is 4.79 Å². The average Bonchev–Trinajstić information content (AvgIpc) is 2.34. The lowest BCUT2D eigenvalue weighted by Gasteiger charge is -2.44. The molecule has 0 aromatic rings. The van der Waals surface area contributed by atoms with Crippen LogP contribution in [0.25, 0.3) is 0 Å². The molecular formula is C14H27NO2S. The van der Waals surface area contributed by atoms with Gasteiger partial charge >= 0.3 is 5.97 Å².